The van der Waals surface area contributed by atoms with Crippen molar-refractivity contribution >= 4 is 23.9 Å². The average molecular weight is 344 g/mol. The molecule has 134 valence electrons. The Kier molecular flexibility index (Phi) is 5.62. The maximum Gasteiger partial charge on any atom is 0.325 e. The Morgan fingerprint density at radius 3 is 2.52 bits per heavy atom. The highest BCUT2D eigenvalue weighted by molar-refractivity contribution is 5.84. The number of ether oxygens (including phenoxy) is 1. The first kappa shape index (κ1) is 18.7. The van der Waals surface area contributed by atoms with Crippen molar-refractivity contribution in [2.75, 3.05) is 6.54 Å². The van der Waals surface area contributed by atoms with Crippen molar-refractivity contribution in [3.63, 3.8) is 0 Å². The fourth-order valence-corrected chi connectivity index (χ4v) is 2.71. The number of esters is 1. The molecule has 1 unspecified atom stereocenters. The minimum atomic E-state index is -0.597. The van der Waals surface area contributed by atoms with E-state index in [1.165, 1.54) is 11.8 Å². The first-order valence-electron chi connectivity index (χ1n) is 8.22. The number of benzene rings is 1. The second kappa shape index (κ2) is 7.51. The van der Waals surface area contributed by atoms with Crippen LogP contribution in [0.2, 0.25) is 0 Å². The van der Waals surface area contributed by atoms with Gasteiger partial charge in [-0.1, -0.05) is 24.3 Å². The third-order valence-electron chi connectivity index (χ3n) is 3.70. The number of carbonyl (C=O) groups excluding carboxylic acids is 3. The Bertz CT molecular complexity index is 704. The molecule has 0 saturated heterocycles. The first-order valence-corrected chi connectivity index (χ1v) is 8.22. The average Bonchev–Trinajstić information content (AvgIpc) is 2.51. The third kappa shape index (κ3) is 5.17. The van der Waals surface area contributed by atoms with Crippen LogP contribution in [-0.4, -0.2) is 34.8 Å². The summed E-state index contributed by atoms with van der Waals surface area (Å²) in [7, 11) is 0. The Labute approximate surface area is 147 Å². The zero-order valence-corrected chi connectivity index (χ0v) is 15.0. The van der Waals surface area contributed by atoms with Gasteiger partial charge in [0.05, 0.1) is 12.5 Å². The molecule has 2 amide bonds. The van der Waals surface area contributed by atoms with Crippen molar-refractivity contribution < 1.29 is 19.1 Å². The topological polar surface area (TPSA) is 75.7 Å². The summed E-state index contributed by atoms with van der Waals surface area (Å²) in [5.74, 6) is -0.948. The van der Waals surface area contributed by atoms with E-state index in [1.807, 2.05) is 30.3 Å². The molecule has 0 fully saturated rings. The molecule has 0 saturated carbocycles. The summed E-state index contributed by atoms with van der Waals surface area (Å²) in [6.45, 7) is 6.57. The summed E-state index contributed by atoms with van der Waals surface area (Å²) in [5.41, 5.74) is 1.29. The van der Waals surface area contributed by atoms with E-state index in [4.69, 9.17) is 4.74 Å². The molecule has 1 N–H and O–H groups in total. The zero-order chi connectivity index (χ0) is 18.6. The highest BCUT2D eigenvalue weighted by atomic mass is 16.6. The monoisotopic (exact) mass is 344 g/mol. The largest absolute Gasteiger partial charge is 0.459 e. The molecular formula is C19H24N2O4. The van der Waals surface area contributed by atoms with Gasteiger partial charge in [0.1, 0.15) is 12.1 Å². The Balaban J connectivity index is 2.03. The first-order chi connectivity index (χ1) is 11.7. The number of carbonyl (C=O) groups is 3. The third-order valence-corrected chi connectivity index (χ3v) is 3.70. The van der Waals surface area contributed by atoms with E-state index in [1.54, 1.807) is 27.0 Å². The number of nitrogens with one attached hydrogen (secondary N) is 1. The molecule has 1 aromatic rings. The molecule has 2 rings (SSSR count). The van der Waals surface area contributed by atoms with Crippen LogP contribution in [0.25, 0.3) is 6.08 Å². The fraction of sp³-hybridized carbons (Fsp3) is 0.421. The maximum absolute atomic E-state index is 12.3. The Morgan fingerprint density at radius 2 is 1.88 bits per heavy atom. The van der Waals surface area contributed by atoms with Crippen LogP contribution in [0.4, 0.5) is 0 Å². The van der Waals surface area contributed by atoms with Gasteiger partial charge < -0.3 is 15.0 Å². The van der Waals surface area contributed by atoms with Gasteiger partial charge in [-0.3, -0.25) is 14.4 Å². The molecule has 1 aliphatic heterocycles. The quantitative estimate of drug-likeness (QED) is 0.851. The van der Waals surface area contributed by atoms with Crippen molar-refractivity contribution in [3.05, 3.63) is 41.6 Å². The molecule has 6 heteroatoms. The van der Waals surface area contributed by atoms with Gasteiger partial charge in [-0.2, -0.15) is 0 Å². The standard InChI is InChI=1S/C19H24N2O4/c1-13(22)21-10-9-14-7-5-6-8-15(14)16(21)11-17(23)20-12-18(24)25-19(2,3)4/h5-10,16H,11-12H2,1-4H3,(H,20,23). The summed E-state index contributed by atoms with van der Waals surface area (Å²) in [6.07, 6.45) is 3.62. The molecule has 0 aliphatic carbocycles. The fourth-order valence-electron chi connectivity index (χ4n) is 2.71. The molecule has 6 nitrogen and oxygen atoms in total. The van der Waals surface area contributed by atoms with Crippen LogP contribution in [0, 0.1) is 0 Å². The number of nitrogens with zero attached hydrogens (tertiary/aromatic N) is 1. The molecule has 1 heterocycles. The van der Waals surface area contributed by atoms with E-state index in [2.05, 4.69) is 5.32 Å². The SMILES string of the molecule is CC(=O)N1C=Cc2ccccc2C1CC(=O)NCC(=O)OC(C)(C)C. The molecule has 0 aromatic heterocycles. The van der Waals surface area contributed by atoms with Crippen LogP contribution in [0.3, 0.4) is 0 Å². The zero-order valence-electron chi connectivity index (χ0n) is 15.0. The Hall–Kier alpha value is -2.63. The van der Waals surface area contributed by atoms with Gasteiger partial charge in [-0.25, -0.2) is 0 Å². The number of hydrogen-bond donors (Lipinski definition) is 1. The smallest absolute Gasteiger partial charge is 0.325 e. The van der Waals surface area contributed by atoms with Crippen LogP contribution in [-0.2, 0) is 19.1 Å². The van der Waals surface area contributed by atoms with Gasteiger partial charge >= 0.3 is 5.97 Å². The number of amides is 2. The molecule has 1 aromatic carbocycles. The van der Waals surface area contributed by atoms with Gasteiger partial charge in [0.25, 0.3) is 0 Å². The minimum absolute atomic E-state index is 0.0731. The van der Waals surface area contributed by atoms with E-state index < -0.39 is 17.6 Å². The van der Waals surface area contributed by atoms with Gasteiger partial charge in [-0.15, -0.1) is 0 Å². The van der Waals surface area contributed by atoms with E-state index in [0.29, 0.717) is 0 Å². The van der Waals surface area contributed by atoms with Gasteiger partial charge in [-0.05, 0) is 38.0 Å². The van der Waals surface area contributed by atoms with Crippen molar-refractivity contribution in [2.24, 2.45) is 0 Å². The second-order valence-corrected chi connectivity index (χ2v) is 6.95. The predicted octanol–water partition coefficient (Wildman–Crippen LogP) is 2.41. The summed E-state index contributed by atoms with van der Waals surface area (Å²) < 4.78 is 5.16. The molecule has 1 aliphatic rings. The summed E-state index contributed by atoms with van der Waals surface area (Å²) in [6, 6.07) is 7.24. The lowest BCUT2D eigenvalue weighted by atomic mass is 9.93. The predicted molar refractivity (Wildman–Crippen MR) is 94.2 cm³/mol. The Morgan fingerprint density at radius 1 is 1.20 bits per heavy atom. The van der Waals surface area contributed by atoms with E-state index in [0.717, 1.165) is 11.1 Å². The lowest BCUT2D eigenvalue weighted by Gasteiger charge is -2.32. The van der Waals surface area contributed by atoms with E-state index in [9.17, 15) is 14.4 Å². The maximum atomic E-state index is 12.3. The molecule has 1 atom stereocenters. The summed E-state index contributed by atoms with van der Waals surface area (Å²) >= 11 is 0. The highest BCUT2D eigenvalue weighted by Gasteiger charge is 2.28. The lowest BCUT2D eigenvalue weighted by Crippen LogP contribution is -2.38. The minimum Gasteiger partial charge on any atom is -0.459 e. The molecule has 0 bridgehead atoms. The van der Waals surface area contributed by atoms with Crippen LogP contribution in [0.15, 0.2) is 30.5 Å². The van der Waals surface area contributed by atoms with E-state index >= 15 is 0 Å². The van der Waals surface area contributed by atoms with Gasteiger partial charge in [0, 0.05) is 13.1 Å². The second-order valence-electron chi connectivity index (χ2n) is 6.95. The van der Waals surface area contributed by atoms with Gasteiger partial charge in [0.2, 0.25) is 11.8 Å². The lowest BCUT2D eigenvalue weighted by molar-refractivity contribution is -0.154. The van der Waals surface area contributed by atoms with Crippen molar-refractivity contribution in [1.82, 2.24) is 10.2 Å². The van der Waals surface area contributed by atoms with Crippen molar-refractivity contribution in [1.29, 1.82) is 0 Å². The highest BCUT2D eigenvalue weighted by Crippen LogP contribution is 2.32. The summed E-state index contributed by atoms with van der Waals surface area (Å²) in [4.78, 5) is 37.4. The molecule has 0 radical (unpaired) electrons. The van der Waals surface area contributed by atoms with Crippen LogP contribution >= 0.6 is 0 Å². The number of fused-ring (bicyclic) bond motifs is 1. The van der Waals surface area contributed by atoms with Gasteiger partial charge in [0.15, 0.2) is 0 Å². The molecule has 0 spiro atoms. The molecule has 25 heavy (non-hydrogen) atoms. The normalized spacial score (nSPS) is 16.2. The number of hydrogen-bond acceptors (Lipinski definition) is 4. The molecular weight excluding hydrogens is 320 g/mol. The van der Waals surface area contributed by atoms with Crippen molar-refractivity contribution in [3.8, 4) is 0 Å². The summed E-state index contributed by atoms with van der Waals surface area (Å²) in [5, 5.41) is 2.57. The van der Waals surface area contributed by atoms with Crippen LogP contribution in [0.5, 0.6) is 0 Å². The van der Waals surface area contributed by atoms with Crippen LogP contribution in [0.1, 0.15) is 51.3 Å². The van der Waals surface area contributed by atoms with Crippen LogP contribution < -0.4 is 5.32 Å². The number of rotatable bonds is 4. The van der Waals surface area contributed by atoms with Crippen molar-refractivity contribution in [2.45, 2.75) is 45.8 Å². The van der Waals surface area contributed by atoms with E-state index in [-0.39, 0.29) is 24.8 Å².